The minimum atomic E-state index is -0.312. The lowest BCUT2D eigenvalue weighted by atomic mass is 10.1. The molecule has 1 N–H and O–H groups in total. The van der Waals surface area contributed by atoms with E-state index < -0.39 is 0 Å². The van der Waals surface area contributed by atoms with Crippen LogP contribution in [0.1, 0.15) is 42.1 Å². The monoisotopic (exact) mass is 339 g/mol. The fourth-order valence-electron chi connectivity index (χ4n) is 2.96. The Labute approximate surface area is 145 Å². The van der Waals surface area contributed by atoms with Gasteiger partial charge in [0.05, 0.1) is 11.4 Å². The molecule has 7 nitrogen and oxygen atoms in total. The van der Waals surface area contributed by atoms with Gasteiger partial charge in [-0.3, -0.25) is 9.59 Å². The molecule has 3 rings (SSSR count). The zero-order valence-electron chi connectivity index (χ0n) is 14.6. The number of nitrogens with zero attached hydrogens (tertiary/aromatic N) is 4. The number of hydrogen-bond donors (Lipinski definition) is 1. The Balaban J connectivity index is 2.01. The summed E-state index contributed by atoms with van der Waals surface area (Å²) >= 11 is 0. The van der Waals surface area contributed by atoms with Crippen molar-refractivity contribution in [3.63, 3.8) is 0 Å². The third-order valence-corrected chi connectivity index (χ3v) is 4.22. The van der Waals surface area contributed by atoms with Crippen molar-refractivity contribution in [3.8, 4) is 0 Å². The number of hydrogen-bond acceptors (Lipinski definition) is 4. The molecule has 2 aromatic heterocycles. The Morgan fingerprint density at radius 2 is 1.96 bits per heavy atom. The highest BCUT2D eigenvalue weighted by atomic mass is 16.2. The van der Waals surface area contributed by atoms with Crippen LogP contribution in [0.15, 0.2) is 41.5 Å². The fraction of sp³-hybridized carbons (Fsp3) is 0.333. The van der Waals surface area contributed by atoms with E-state index in [1.807, 2.05) is 17.8 Å². The predicted molar refractivity (Wildman–Crippen MR) is 95.3 cm³/mol. The van der Waals surface area contributed by atoms with Gasteiger partial charge in [-0.25, -0.2) is 9.67 Å². The lowest BCUT2D eigenvalue weighted by Gasteiger charge is -2.18. The second kappa shape index (κ2) is 6.88. The normalized spacial score (nSPS) is 12.3. The van der Waals surface area contributed by atoms with Gasteiger partial charge in [0, 0.05) is 31.9 Å². The molecule has 0 aliphatic carbocycles. The van der Waals surface area contributed by atoms with E-state index in [4.69, 9.17) is 0 Å². The first-order valence-electron chi connectivity index (χ1n) is 8.27. The zero-order chi connectivity index (χ0) is 18.0. The summed E-state index contributed by atoms with van der Waals surface area (Å²) in [5.41, 5.74) is 0.0226. The molecule has 0 spiro atoms. The zero-order valence-corrected chi connectivity index (χ0v) is 14.6. The summed E-state index contributed by atoms with van der Waals surface area (Å²) < 4.78 is 3.10. The minimum absolute atomic E-state index is 0.213. The quantitative estimate of drug-likeness (QED) is 0.770. The highest BCUT2D eigenvalue weighted by Crippen LogP contribution is 2.19. The highest BCUT2D eigenvalue weighted by Gasteiger charge is 2.22. The van der Waals surface area contributed by atoms with Crippen molar-refractivity contribution in [2.75, 3.05) is 0 Å². The Morgan fingerprint density at radius 3 is 2.60 bits per heavy atom. The van der Waals surface area contributed by atoms with Crippen molar-refractivity contribution in [3.05, 3.63) is 58.5 Å². The lowest BCUT2D eigenvalue weighted by molar-refractivity contribution is 0.0926. The van der Waals surface area contributed by atoms with Crippen LogP contribution in [-0.2, 0) is 14.1 Å². The van der Waals surface area contributed by atoms with Crippen molar-refractivity contribution in [1.82, 2.24) is 24.6 Å². The van der Waals surface area contributed by atoms with Gasteiger partial charge < -0.3 is 9.88 Å². The Hall–Kier alpha value is -2.96. The van der Waals surface area contributed by atoms with E-state index in [2.05, 4.69) is 22.3 Å². The SMILES string of the molecule is CCC[C@@H](NC(=O)c1nn(C)c(=O)c2ccccc12)c1nccn1C. The summed E-state index contributed by atoms with van der Waals surface area (Å²) in [5, 5.41) is 8.23. The Morgan fingerprint density at radius 1 is 1.24 bits per heavy atom. The molecule has 7 heteroatoms. The van der Waals surface area contributed by atoms with E-state index in [1.54, 1.807) is 37.5 Å². The number of fused-ring (bicyclic) bond motifs is 1. The molecule has 3 aromatic rings. The molecule has 2 heterocycles. The Kier molecular flexibility index (Phi) is 4.65. The van der Waals surface area contributed by atoms with Crippen LogP contribution in [0, 0.1) is 0 Å². The number of aryl methyl sites for hydroxylation is 2. The van der Waals surface area contributed by atoms with Crippen LogP contribution in [0.25, 0.3) is 10.8 Å². The standard InChI is InChI=1S/C18H21N5O2/c1-4-7-14(16-19-10-11-22(16)2)20-17(24)15-12-8-5-6-9-13(12)18(25)23(3)21-15/h5-6,8-11,14H,4,7H2,1-3H3,(H,20,24)/t14-/m1/s1. The first-order valence-corrected chi connectivity index (χ1v) is 8.27. The molecule has 0 bridgehead atoms. The number of aromatic nitrogens is 4. The van der Waals surface area contributed by atoms with E-state index in [-0.39, 0.29) is 23.2 Å². The van der Waals surface area contributed by atoms with E-state index in [0.29, 0.717) is 10.8 Å². The smallest absolute Gasteiger partial charge is 0.274 e. The van der Waals surface area contributed by atoms with E-state index in [1.165, 1.54) is 4.68 Å². The van der Waals surface area contributed by atoms with E-state index in [0.717, 1.165) is 18.7 Å². The van der Waals surface area contributed by atoms with Gasteiger partial charge in [-0.05, 0) is 12.5 Å². The topological polar surface area (TPSA) is 81.8 Å². The van der Waals surface area contributed by atoms with Gasteiger partial charge >= 0.3 is 0 Å². The third-order valence-electron chi connectivity index (χ3n) is 4.22. The average molecular weight is 339 g/mol. The first kappa shape index (κ1) is 16.9. The van der Waals surface area contributed by atoms with Crippen LogP contribution in [0.2, 0.25) is 0 Å². The number of carbonyl (C=O) groups excluding carboxylic acids is 1. The molecule has 25 heavy (non-hydrogen) atoms. The van der Waals surface area contributed by atoms with Gasteiger partial charge in [0.2, 0.25) is 0 Å². The molecule has 0 saturated carbocycles. The molecule has 0 aliphatic rings. The summed E-state index contributed by atoms with van der Waals surface area (Å²) in [6, 6.07) is 6.81. The first-order chi connectivity index (χ1) is 12.0. The fourth-order valence-corrected chi connectivity index (χ4v) is 2.96. The van der Waals surface area contributed by atoms with Crippen LogP contribution >= 0.6 is 0 Å². The number of benzene rings is 1. The molecule has 0 aliphatic heterocycles. The largest absolute Gasteiger partial charge is 0.341 e. The van der Waals surface area contributed by atoms with Crippen molar-refractivity contribution >= 4 is 16.7 Å². The number of imidazole rings is 1. The summed E-state index contributed by atoms with van der Waals surface area (Å²) in [5.74, 6) is 0.484. The number of carbonyl (C=O) groups is 1. The Bertz CT molecular complexity index is 973. The van der Waals surface area contributed by atoms with Crippen LogP contribution in [0.4, 0.5) is 0 Å². The van der Waals surface area contributed by atoms with Gasteiger partial charge in [-0.1, -0.05) is 31.5 Å². The number of amides is 1. The second-order valence-electron chi connectivity index (χ2n) is 6.03. The third kappa shape index (κ3) is 3.17. The average Bonchev–Trinajstić information content (AvgIpc) is 3.03. The van der Waals surface area contributed by atoms with Crippen molar-refractivity contribution < 1.29 is 4.79 Å². The number of nitrogens with one attached hydrogen (secondary N) is 1. The maximum atomic E-state index is 12.9. The summed E-state index contributed by atoms with van der Waals surface area (Å²) in [7, 11) is 3.45. The molecular formula is C18H21N5O2. The molecule has 0 unspecified atom stereocenters. The summed E-state index contributed by atoms with van der Waals surface area (Å²) in [4.78, 5) is 29.5. The summed E-state index contributed by atoms with van der Waals surface area (Å²) in [6.45, 7) is 2.06. The van der Waals surface area contributed by atoms with Crippen molar-refractivity contribution in [1.29, 1.82) is 0 Å². The van der Waals surface area contributed by atoms with Gasteiger partial charge in [0.1, 0.15) is 5.82 Å². The molecule has 1 atom stereocenters. The van der Waals surface area contributed by atoms with E-state index >= 15 is 0 Å². The number of rotatable bonds is 5. The lowest BCUT2D eigenvalue weighted by Crippen LogP contribution is -2.33. The predicted octanol–water partition coefficient (Wildman–Crippen LogP) is 1.94. The molecule has 130 valence electrons. The van der Waals surface area contributed by atoms with E-state index in [9.17, 15) is 9.59 Å². The maximum absolute atomic E-state index is 12.9. The maximum Gasteiger partial charge on any atom is 0.274 e. The van der Waals surface area contributed by atoms with Crippen LogP contribution in [0.3, 0.4) is 0 Å². The molecule has 1 aromatic carbocycles. The molecular weight excluding hydrogens is 318 g/mol. The molecule has 0 radical (unpaired) electrons. The minimum Gasteiger partial charge on any atom is -0.341 e. The van der Waals surface area contributed by atoms with Crippen LogP contribution < -0.4 is 10.9 Å². The summed E-state index contributed by atoms with van der Waals surface area (Å²) in [6.07, 6.45) is 5.23. The van der Waals surface area contributed by atoms with Crippen molar-refractivity contribution in [2.24, 2.45) is 14.1 Å². The second-order valence-corrected chi connectivity index (χ2v) is 6.03. The van der Waals surface area contributed by atoms with Gasteiger partial charge in [0.25, 0.3) is 11.5 Å². The van der Waals surface area contributed by atoms with Gasteiger partial charge in [0.15, 0.2) is 5.69 Å². The van der Waals surface area contributed by atoms with Gasteiger partial charge in [-0.15, -0.1) is 0 Å². The molecule has 1 amide bonds. The van der Waals surface area contributed by atoms with Crippen LogP contribution in [0.5, 0.6) is 0 Å². The molecule has 0 fully saturated rings. The molecule has 0 saturated heterocycles. The van der Waals surface area contributed by atoms with Crippen molar-refractivity contribution in [2.45, 2.75) is 25.8 Å². The van der Waals surface area contributed by atoms with Gasteiger partial charge in [-0.2, -0.15) is 5.10 Å². The highest BCUT2D eigenvalue weighted by molar-refractivity contribution is 6.04. The van der Waals surface area contributed by atoms with Crippen LogP contribution in [-0.4, -0.2) is 25.2 Å².